The van der Waals surface area contributed by atoms with Crippen molar-refractivity contribution in [1.29, 1.82) is 0 Å². The molecule has 0 atom stereocenters. The van der Waals surface area contributed by atoms with Crippen LogP contribution in [0, 0.1) is 5.82 Å². The molecular weight excluding hydrogens is 163 g/mol. The minimum Gasteiger partial charge on any atom is -0.454 e. The third-order valence-electron chi connectivity index (χ3n) is 1.62. The summed E-state index contributed by atoms with van der Waals surface area (Å²) in [6.07, 6.45) is 0.442. The van der Waals surface area contributed by atoms with Gasteiger partial charge in [0, 0.05) is 6.07 Å². The molecule has 0 N–H and O–H groups in total. The molecule has 0 amide bonds. The Morgan fingerprint density at radius 2 is 2.00 bits per heavy atom. The van der Waals surface area contributed by atoms with Crippen LogP contribution in [0.15, 0.2) is 12.1 Å². The SMILES string of the molecule is O=Cc1cc2c(cc1F)OCO2. The van der Waals surface area contributed by atoms with Gasteiger partial charge in [-0.25, -0.2) is 4.39 Å². The molecule has 1 aliphatic heterocycles. The quantitative estimate of drug-likeness (QED) is 0.594. The number of halogens is 1. The zero-order valence-corrected chi connectivity index (χ0v) is 6.04. The van der Waals surface area contributed by atoms with E-state index in [0.717, 1.165) is 6.07 Å². The summed E-state index contributed by atoms with van der Waals surface area (Å²) in [5.74, 6) is 0.172. The number of hydrogen-bond acceptors (Lipinski definition) is 3. The molecule has 3 nitrogen and oxygen atoms in total. The van der Waals surface area contributed by atoms with Gasteiger partial charge in [-0.2, -0.15) is 0 Å². The summed E-state index contributed by atoms with van der Waals surface area (Å²) in [6.45, 7) is 0.0804. The molecule has 0 saturated heterocycles. The van der Waals surface area contributed by atoms with E-state index in [1.165, 1.54) is 6.07 Å². The second-order valence-corrected chi connectivity index (χ2v) is 2.34. The number of rotatable bonds is 1. The maximum absolute atomic E-state index is 12.9. The summed E-state index contributed by atoms with van der Waals surface area (Å²) in [5, 5.41) is 0. The Morgan fingerprint density at radius 3 is 2.67 bits per heavy atom. The molecule has 0 saturated carbocycles. The van der Waals surface area contributed by atoms with Crippen LogP contribution in [0.1, 0.15) is 10.4 Å². The van der Waals surface area contributed by atoms with Crippen molar-refractivity contribution in [2.24, 2.45) is 0 Å². The average Bonchev–Trinajstić information content (AvgIpc) is 2.49. The first kappa shape index (κ1) is 7.09. The topological polar surface area (TPSA) is 35.5 Å². The highest BCUT2D eigenvalue weighted by Gasteiger charge is 2.16. The van der Waals surface area contributed by atoms with E-state index in [9.17, 15) is 9.18 Å². The van der Waals surface area contributed by atoms with Crippen molar-refractivity contribution in [3.63, 3.8) is 0 Å². The fourth-order valence-electron chi connectivity index (χ4n) is 1.02. The molecule has 0 aliphatic carbocycles. The molecule has 12 heavy (non-hydrogen) atoms. The molecular formula is C8H5FO3. The standard InChI is InChI=1S/C8H5FO3/c9-6-2-8-7(11-4-12-8)1-5(6)3-10/h1-3H,4H2. The minimum atomic E-state index is -0.589. The van der Waals surface area contributed by atoms with Crippen molar-refractivity contribution in [1.82, 2.24) is 0 Å². The molecule has 2 rings (SSSR count). The molecule has 0 bridgehead atoms. The van der Waals surface area contributed by atoms with Crippen LogP contribution in [0.4, 0.5) is 4.39 Å². The third-order valence-corrected chi connectivity index (χ3v) is 1.62. The van der Waals surface area contributed by atoms with Crippen LogP contribution in [0.25, 0.3) is 0 Å². The lowest BCUT2D eigenvalue weighted by Crippen LogP contribution is -1.92. The summed E-state index contributed by atoms with van der Waals surface area (Å²) in [6, 6.07) is 2.47. The number of ether oxygens (including phenoxy) is 2. The molecule has 0 radical (unpaired) electrons. The molecule has 1 aromatic rings. The van der Waals surface area contributed by atoms with Gasteiger partial charge in [-0.15, -0.1) is 0 Å². The Hall–Kier alpha value is -1.58. The van der Waals surface area contributed by atoms with Crippen LogP contribution in [-0.4, -0.2) is 13.1 Å². The van der Waals surface area contributed by atoms with E-state index in [2.05, 4.69) is 0 Å². The van der Waals surface area contributed by atoms with Gasteiger partial charge in [-0.05, 0) is 6.07 Å². The van der Waals surface area contributed by atoms with E-state index in [1.54, 1.807) is 0 Å². The highest BCUT2D eigenvalue weighted by Crippen LogP contribution is 2.33. The number of carbonyl (C=O) groups excluding carboxylic acids is 1. The van der Waals surface area contributed by atoms with E-state index >= 15 is 0 Å². The second kappa shape index (κ2) is 2.48. The number of benzene rings is 1. The summed E-state index contributed by atoms with van der Waals surface area (Å²) >= 11 is 0. The zero-order chi connectivity index (χ0) is 8.55. The van der Waals surface area contributed by atoms with Crippen LogP contribution >= 0.6 is 0 Å². The number of hydrogen-bond donors (Lipinski definition) is 0. The Morgan fingerprint density at radius 1 is 1.33 bits per heavy atom. The molecule has 0 unspecified atom stereocenters. The average molecular weight is 168 g/mol. The summed E-state index contributed by atoms with van der Waals surface area (Å²) in [7, 11) is 0. The van der Waals surface area contributed by atoms with Gasteiger partial charge in [0.15, 0.2) is 17.8 Å². The van der Waals surface area contributed by atoms with E-state index < -0.39 is 5.82 Å². The van der Waals surface area contributed by atoms with Crippen LogP contribution in [0.3, 0.4) is 0 Å². The van der Waals surface area contributed by atoms with Crippen LogP contribution in [0.5, 0.6) is 11.5 Å². The Labute approximate surface area is 67.7 Å². The van der Waals surface area contributed by atoms with E-state index in [4.69, 9.17) is 9.47 Å². The molecule has 1 aromatic carbocycles. The molecule has 1 heterocycles. The van der Waals surface area contributed by atoms with Gasteiger partial charge >= 0.3 is 0 Å². The van der Waals surface area contributed by atoms with Crippen molar-refractivity contribution in [2.45, 2.75) is 0 Å². The monoisotopic (exact) mass is 168 g/mol. The van der Waals surface area contributed by atoms with E-state index in [0.29, 0.717) is 17.8 Å². The molecule has 0 fully saturated rings. The fourth-order valence-corrected chi connectivity index (χ4v) is 1.02. The van der Waals surface area contributed by atoms with Gasteiger partial charge < -0.3 is 9.47 Å². The van der Waals surface area contributed by atoms with Gasteiger partial charge in [-0.1, -0.05) is 0 Å². The first-order valence-corrected chi connectivity index (χ1v) is 3.35. The van der Waals surface area contributed by atoms with E-state index in [1.807, 2.05) is 0 Å². The predicted octanol–water partition coefficient (Wildman–Crippen LogP) is 1.37. The van der Waals surface area contributed by atoms with Crippen LogP contribution in [-0.2, 0) is 0 Å². The smallest absolute Gasteiger partial charge is 0.231 e. The van der Waals surface area contributed by atoms with Crippen molar-refractivity contribution in [2.75, 3.05) is 6.79 Å². The van der Waals surface area contributed by atoms with Gasteiger partial charge in [0.25, 0.3) is 0 Å². The minimum absolute atomic E-state index is 0.0146. The predicted molar refractivity (Wildman–Crippen MR) is 37.9 cm³/mol. The number of aldehydes is 1. The largest absolute Gasteiger partial charge is 0.454 e. The number of carbonyl (C=O) groups is 1. The molecule has 62 valence electrons. The molecule has 1 aliphatic rings. The normalized spacial score (nSPS) is 13.1. The van der Waals surface area contributed by atoms with Gasteiger partial charge in [0.2, 0.25) is 6.79 Å². The van der Waals surface area contributed by atoms with Crippen molar-refractivity contribution < 1.29 is 18.7 Å². The lowest BCUT2D eigenvalue weighted by Gasteiger charge is -1.97. The maximum Gasteiger partial charge on any atom is 0.231 e. The molecule has 0 aromatic heterocycles. The van der Waals surface area contributed by atoms with Crippen LogP contribution < -0.4 is 9.47 Å². The second-order valence-electron chi connectivity index (χ2n) is 2.34. The van der Waals surface area contributed by atoms with Gasteiger partial charge in [-0.3, -0.25) is 4.79 Å². The summed E-state index contributed by atoms with van der Waals surface area (Å²) < 4.78 is 22.7. The molecule has 4 heteroatoms. The molecule has 0 spiro atoms. The Kier molecular flexibility index (Phi) is 1.46. The number of fused-ring (bicyclic) bond motifs is 1. The zero-order valence-electron chi connectivity index (χ0n) is 6.04. The first-order valence-electron chi connectivity index (χ1n) is 3.35. The van der Waals surface area contributed by atoms with Gasteiger partial charge in [0.05, 0.1) is 5.56 Å². The lowest BCUT2D eigenvalue weighted by atomic mass is 10.2. The third kappa shape index (κ3) is 0.922. The summed E-state index contributed by atoms with van der Waals surface area (Å²) in [4.78, 5) is 10.3. The highest BCUT2D eigenvalue weighted by atomic mass is 19.1. The summed E-state index contributed by atoms with van der Waals surface area (Å²) in [5.41, 5.74) is -0.0146. The lowest BCUT2D eigenvalue weighted by molar-refractivity contribution is 0.111. The Balaban J connectivity index is 2.56. The van der Waals surface area contributed by atoms with Crippen molar-refractivity contribution >= 4 is 6.29 Å². The Bertz CT molecular complexity index is 335. The first-order chi connectivity index (χ1) is 5.81. The van der Waals surface area contributed by atoms with Crippen molar-refractivity contribution in [3.05, 3.63) is 23.5 Å². The van der Waals surface area contributed by atoms with Crippen LogP contribution in [0.2, 0.25) is 0 Å². The van der Waals surface area contributed by atoms with Crippen molar-refractivity contribution in [3.8, 4) is 11.5 Å². The fraction of sp³-hybridized carbons (Fsp3) is 0.125. The highest BCUT2D eigenvalue weighted by molar-refractivity contribution is 5.77. The maximum atomic E-state index is 12.9. The van der Waals surface area contributed by atoms with E-state index in [-0.39, 0.29) is 12.4 Å². The van der Waals surface area contributed by atoms with Gasteiger partial charge in [0.1, 0.15) is 5.82 Å².